The summed E-state index contributed by atoms with van der Waals surface area (Å²) in [6, 6.07) is 0.227. The van der Waals surface area contributed by atoms with Gasteiger partial charge in [0, 0.05) is 0 Å². The second kappa shape index (κ2) is 1.52. The van der Waals surface area contributed by atoms with Crippen molar-refractivity contribution in [1.82, 2.24) is 5.32 Å². The zero-order valence-electron chi connectivity index (χ0n) is 4.40. The molecule has 2 nitrogen and oxygen atoms in total. The molecule has 0 aromatic carbocycles. The first kappa shape index (κ1) is 4.62. The first-order valence-electron chi connectivity index (χ1n) is 2.65. The fourth-order valence-corrected chi connectivity index (χ4v) is 0.622. The van der Waals surface area contributed by atoms with E-state index in [1.807, 2.05) is 0 Å². The van der Waals surface area contributed by atoms with Crippen LogP contribution >= 0.6 is 0 Å². The third-order valence-corrected chi connectivity index (χ3v) is 1.13. The Hall–Kier alpha value is -0.530. The summed E-state index contributed by atoms with van der Waals surface area (Å²) in [5.41, 5.74) is 0. The highest BCUT2D eigenvalue weighted by Gasteiger charge is 2.31. The summed E-state index contributed by atoms with van der Waals surface area (Å²) in [6.45, 7) is 2.08. The average molecular weight is 99.1 g/mol. The van der Waals surface area contributed by atoms with E-state index in [0.29, 0.717) is 0 Å². The Kier molecular flexibility index (Phi) is 1.01. The predicted octanol–water partition coefficient (Wildman–Crippen LogP) is 0.285. The maximum absolute atomic E-state index is 10.2. The van der Waals surface area contributed by atoms with Gasteiger partial charge in [-0.1, -0.05) is 13.3 Å². The maximum Gasteiger partial charge on any atom is 0.243 e. The molecule has 1 fully saturated rings. The molecule has 7 heavy (non-hydrogen) atoms. The van der Waals surface area contributed by atoms with Gasteiger partial charge in [-0.2, -0.15) is 0 Å². The molecule has 1 heterocycles. The van der Waals surface area contributed by atoms with Crippen molar-refractivity contribution in [3.05, 3.63) is 0 Å². The molecule has 1 N–H and O–H groups in total. The van der Waals surface area contributed by atoms with Crippen LogP contribution < -0.4 is 5.32 Å². The second-order valence-corrected chi connectivity index (χ2v) is 1.85. The van der Waals surface area contributed by atoms with Gasteiger partial charge in [-0.05, 0) is 6.42 Å². The Morgan fingerprint density at radius 2 is 2.43 bits per heavy atom. The van der Waals surface area contributed by atoms with Crippen molar-refractivity contribution in [3.8, 4) is 0 Å². The van der Waals surface area contributed by atoms with E-state index in [-0.39, 0.29) is 11.9 Å². The summed E-state index contributed by atoms with van der Waals surface area (Å²) in [6.07, 6.45) is 2.11. The van der Waals surface area contributed by atoms with Crippen LogP contribution in [0.5, 0.6) is 0 Å². The van der Waals surface area contributed by atoms with Gasteiger partial charge in [-0.3, -0.25) is 4.79 Å². The number of nitrogens with one attached hydrogen (secondary N) is 1. The summed E-state index contributed by atoms with van der Waals surface area (Å²) in [4.78, 5) is 10.2. The summed E-state index contributed by atoms with van der Waals surface area (Å²) in [7, 11) is 0. The molecule has 0 spiro atoms. The molecule has 0 bridgehead atoms. The van der Waals surface area contributed by atoms with Crippen molar-refractivity contribution < 1.29 is 4.79 Å². The van der Waals surface area contributed by atoms with Crippen LogP contribution in [0.1, 0.15) is 19.8 Å². The normalized spacial score (nSPS) is 27.0. The van der Waals surface area contributed by atoms with Gasteiger partial charge in [0.1, 0.15) is 6.04 Å². The SMILES string of the molecule is CCCC1NC1=O. The molecule has 1 aliphatic rings. The Balaban J connectivity index is 2.09. The molecule has 1 aliphatic heterocycles. The van der Waals surface area contributed by atoms with Crippen LogP contribution in [-0.4, -0.2) is 11.9 Å². The van der Waals surface area contributed by atoms with Gasteiger partial charge in [-0.25, -0.2) is 0 Å². The van der Waals surface area contributed by atoms with Crippen LogP contribution in [0.25, 0.3) is 0 Å². The van der Waals surface area contributed by atoms with Gasteiger partial charge in [0.2, 0.25) is 5.91 Å². The summed E-state index contributed by atoms with van der Waals surface area (Å²) >= 11 is 0. The smallest absolute Gasteiger partial charge is 0.243 e. The van der Waals surface area contributed by atoms with E-state index >= 15 is 0 Å². The molecular formula is C5H9NO. The largest absolute Gasteiger partial charge is 0.343 e. The lowest BCUT2D eigenvalue weighted by atomic mass is 10.3. The predicted molar refractivity (Wildman–Crippen MR) is 26.8 cm³/mol. The number of carbonyl (C=O) groups is 1. The van der Waals surface area contributed by atoms with E-state index in [1.165, 1.54) is 0 Å². The van der Waals surface area contributed by atoms with Gasteiger partial charge in [-0.15, -0.1) is 0 Å². The number of hydrogen-bond donors (Lipinski definition) is 1. The molecule has 1 saturated heterocycles. The number of carbonyl (C=O) groups excluding carboxylic acids is 1. The zero-order chi connectivity index (χ0) is 5.28. The molecule has 0 radical (unpaired) electrons. The summed E-state index contributed by atoms with van der Waals surface area (Å²) < 4.78 is 0. The van der Waals surface area contributed by atoms with Crippen molar-refractivity contribution in [2.24, 2.45) is 0 Å². The first-order valence-corrected chi connectivity index (χ1v) is 2.65. The van der Waals surface area contributed by atoms with E-state index in [1.54, 1.807) is 0 Å². The zero-order valence-corrected chi connectivity index (χ0v) is 4.40. The third-order valence-electron chi connectivity index (χ3n) is 1.13. The third kappa shape index (κ3) is 0.918. The van der Waals surface area contributed by atoms with Crippen molar-refractivity contribution in [3.63, 3.8) is 0 Å². The Bertz CT molecular complexity index is 90.1. The molecular weight excluding hydrogens is 90.1 g/mol. The molecule has 0 aromatic heterocycles. The van der Waals surface area contributed by atoms with Crippen molar-refractivity contribution in [2.45, 2.75) is 25.8 Å². The van der Waals surface area contributed by atoms with Gasteiger partial charge in [0.25, 0.3) is 0 Å². The van der Waals surface area contributed by atoms with Crippen molar-refractivity contribution in [1.29, 1.82) is 0 Å². The van der Waals surface area contributed by atoms with Crippen LogP contribution in [0.3, 0.4) is 0 Å². The number of rotatable bonds is 2. The molecule has 0 saturated carbocycles. The van der Waals surface area contributed by atoms with E-state index in [2.05, 4.69) is 12.2 Å². The second-order valence-electron chi connectivity index (χ2n) is 1.85. The minimum atomic E-state index is 0.224. The molecule has 1 unspecified atom stereocenters. The highest BCUT2D eigenvalue weighted by molar-refractivity contribution is 5.96. The van der Waals surface area contributed by atoms with Gasteiger partial charge >= 0.3 is 0 Å². The van der Waals surface area contributed by atoms with E-state index in [9.17, 15) is 4.79 Å². The van der Waals surface area contributed by atoms with Gasteiger partial charge in [0.05, 0.1) is 0 Å². The minimum Gasteiger partial charge on any atom is -0.343 e. The van der Waals surface area contributed by atoms with E-state index < -0.39 is 0 Å². The topological polar surface area (TPSA) is 39.0 Å². The highest BCUT2D eigenvalue weighted by atomic mass is 16.2. The van der Waals surface area contributed by atoms with E-state index in [0.717, 1.165) is 12.8 Å². The molecule has 1 atom stereocenters. The van der Waals surface area contributed by atoms with Crippen LogP contribution in [0, 0.1) is 0 Å². The lowest BCUT2D eigenvalue weighted by Crippen LogP contribution is -1.86. The fourth-order valence-electron chi connectivity index (χ4n) is 0.622. The molecule has 2 heteroatoms. The highest BCUT2D eigenvalue weighted by Crippen LogP contribution is 2.06. The van der Waals surface area contributed by atoms with Crippen LogP contribution in [-0.2, 0) is 4.79 Å². The van der Waals surface area contributed by atoms with Crippen molar-refractivity contribution in [2.75, 3.05) is 0 Å². The monoisotopic (exact) mass is 99.1 g/mol. The van der Waals surface area contributed by atoms with Gasteiger partial charge in [0.15, 0.2) is 0 Å². The van der Waals surface area contributed by atoms with E-state index in [4.69, 9.17) is 0 Å². The number of amides is 1. The van der Waals surface area contributed by atoms with Crippen LogP contribution in [0.4, 0.5) is 0 Å². The molecule has 1 amide bonds. The summed E-state index contributed by atoms with van der Waals surface area (Å²) in [5, 5.41) is 2.69. The summed E-state index contributed by atoms with van der Waals surface area (Å²) in [5.74, 6) is 0.224. The Labute approximate surface area is 42.9 Å². The lowest BCUT2D eigenvalue weighted by Gasteiger charge is -1.79. The molecule has 1 rings (SSSR count). The Morgan fingerprint density at radius 3 is 2.57 bits per heavy atom. The quantitative estimate of drug-likeness (QED) is 0.496. The van der Waals surface area contributed by atoms with Crippen molar-refractivity contribution >= 4 is 5.91 Å². The minimum absolute atomic E-state index is 0.224. The standard InChI is InChI=1S/C5H9NO/c1-2-3-4-5(7)6-4/h4H,2-3H2,1H3,(H,6,7). The van der Waals surface area contributed by atoms with Crippen LogP contribution in [0.2, 0.25) is 0 Å². The molecule has 0 aliphatic carbocycles. The van der Waals surface area contributed by atoms with Gasteiger partial charge < -0.3 is 5.32 Å². The average Bonchev–Trinajstić information content (AvgIpc) is 2.22. The maximum atomic E-state index is 10.2. The molecule has 0 aromatic rings. The molecule has 40 valence electrons. The Morgan fingerprint density at radius 1 is 1.86 bits per heavy atom. The van der Waals surface area contributed by atoms with Crippen LogP contribution in [0.15, 0.2) is 0 Å². The number of hydrogen-bond acceptors (Lipinski definition) is 1. The fraction of sp³-hybridized carbons (Fsp3) is 0.800. The lowest BCUT2D eigenvalue weighted by molar-refractivity contribution is -0.111. The first-order chi connectivity index (χ1) is 3.34.